The van der Waals surface area contributed by atoms with Crippen LogP contribution in [0.1, 0.15) is 58.4 Å². The van der Waals surface area contributed by atoms with E-state index < -0.39 is 0 Å². The normalized spacial score (nSPS) is 16.3. The highest BCUT2D eigenvalue weighted by Gasteiger charge is 2.31. The van der Waals surface area contributed by atoms with Gasteiger partial charge in [0.1, 0.15) is 12.4 Å². The van der Waals surface area contributed by atoms with Gasteiger partial charge >= 0.3 is 0 Å². The minimum atomic E-state index is 0. The molecular formula is C22H28O. The Morgan fingerprint density at radius 2 is 1.74 bits per heavy atom. The number of benzene rings is 2. The van der Waals surface area contributed by atoms with Crippen molar-refractivity contribution in [1.29, 1.82) is 0 Å². The molecule has 0 N–H and O–H groups in total. The summed E-state index contributed by atoms with van der Waals surface area (Å²) in [6.07, 6.45) is 13.3. The molecule has 1 aliphatic carbocycles. The maximum Gasteiger partial charge on any atom is 0.148 e. The van der Waals surface area contributed by atoms with E-state index in [0.717, 1.165) is 5.75 Å². The molecule has 122 valence electrons. The van der Waals surface area contributed by atoms with Gasteiger partial charge in [-0.3, -0.25) is 0 Å². The molecule has 0 aliphatic heterocycles. The maximum absolute atomic E-state index is 5.51. The molecule has 0 atom stereocenters. The van der Waals surface area contributed by atoms with Crippen LogP contribution in [0.25, 0.3) is 10.8 Å². The first-order valence-corrected chi connectivity index (χ1v) is 8.38. The summed E-state index contributed by atoms with van der Waals surface area (Å²) in [6.45, 7) is 2.66. The first-order chi connectivity index (χ1) is 10.8. The molecule has 0 saturated heterocycles. The molecule has 0 radical (unpaired) electrons. The summed E-state index contributed by atoms with van der Waals surface area (Å²) in [5, 5.41) is 2.52. The van der Waals surface area contributed by atoms with Crippen LogP contribution in [0, 0.1) is 12.3 Å². The second kappa shape index (κ2) is 7.55. The monoisotopic (exact) mass is 308 g/mol. The van der Waals surface area contributed by atoms with E-state index in [-0.39, 0.29) is 7.43 Å². The van der Waals surface area contributed by atoms with Gasteiger partial charge in [-0.15, -0.1) is 6.42 Å². The van der Waals surface area contributed by atoms with Crippen LogP contribution in [0.5, 0.6) is 5.75 Å². The summed E-state index contributed by atoms with van der Waals surface area (Å²) >= 11 is 0. The second-order valence-electron chi connectivity index (χ2n) is 6.41. The van der Waals surface area contributed by atoms with Gasteiger partial charge in [0.2, 0.25) is 0 Å². The van der Waals surface area contributed by atoms with Crippen LogP contribution in [0.2, 0.25) is 0 Å². The lowest BCUT2D eigenvalue weighted by Crippen LogP contribution is -2.28. The van der Waals surface area contributed by atoms with Crippen LogP contribution in [0.3, 0.4) is 0 Å². The van der Waals surface area contributed by atoms with E-state index >= 15 is 0 Å². The van der Waals surface area contributed by atoms with Crippen LogP contribution in [-0.4, -0.2) is 6.61 Å². The SMILES string of the molecule is C.C#CCOc1ccc2cc(C3(CC)CCCCC3)ccc2c1. The highest BCUT2D eigenvalue weighted by Crippen LogP contribution is 2.42. The minimum absolute atomic E-state index is 0. The molecule has 2 aromatic carbocycles. The fourth-order valence-electron chi connectivity index (χ4n) is 3.84. The van der Waals surface area contributed by atoms with Crippen molar-refractivity contribution in [2.24, 2.45) is 0 Å². The number of rotatable bonds is 4. The third-order valence-corrected chi connectivity index (χ3v) is 5.23. The van der Waals surface area contributed by atoms with Gasteiger partial charge in [0.05, 0.1) is 0 Å². The molecule has 0 bridgehead atoms. The molecule has 1 nitrogen and oxygen atoms in total. The van der Waals surface area contributed by atoms with E-state index in [1.165, 1.54) is 54.9 Å². The quantitative estimate of drug-likeness (QED) is 0.620. The largest absolute Gasteiger partial charge is 0.481 e. The van der Waals surface area contributed by atoms with Gasteiger partial charge in [-0.2, -0.15) is 0 Å². The predicted molar refractivity (Wildman–Crippen MR) is 100 cm³/mol. The van der Waals surface area contributed by atoms with E-state index in [1.54, 1.807) is 0 Å². The number of ether oxygens (including phenoxy) is 1. The van der Waals surface area contributed by atoms with E-state index in [2.05, 4.69) is 43.2 Å². The van der Waals surface area contributed by atoms with E-state index in [4.69, 9.17) is 11.2 Å². The summed E-state index contributed by atoms with van der Waals surface area (Å²) in [5.74, 6) is 3.35. The highest BCUT2D eigenvalue weighted by molar-refractivity contribution is 5.84. The number of hydrogen-bond donors (Lipinski definition) is 0. The maximum atomic E-state index is 5.51. The minimum Gasteiger partial charge on any atom is -0.481 e. The molecule has 0 amide bonds. The van der Waals surface area contributed by atoms with Crippen molar-refractivity contribution in [2.75, 3.05) is 6.61 Å². The van der Waals surface area contributed by atoms with Crippen molar-refractivity contribution in [2.45, 2.75) is 58.3 Å². The average Bonchev–Trinajstić information content (AvgIpc) is 2.60. The zero-order chi connectivity index (χ0) is 15.4. The van der Waals surface area contributed by atoms with Crippen molar-refractivity contribution in [3.8, 4) is 18.1 Å². The van der Waals surface area contributed by atoms with Crippen molar-refractivity contribution >= 4 is 10.8 Å². The average molecular weight is 308 g/mol. The molecule has 2 aromatic rings. The van der Waals surface area contributed by atoms with Crippen molar-refractivity contribution in [3.05, 3.63) is 42.0 Å². The van der Waals surface area contributed by atoms with Gasteiger partial charge in [0, 0.05) is 0 Å². The summed E-state index contributed by atoms with van der Waals surface area (Å²) < 4.78 is 5.51. The third kappa shape index (κ3) is 3.53. The topological polar surface area (TPSA) is 9.23 Å². The van der Waals surface area contributed by atoms with E-state index in [9.17, 15) is 0 Å². The number of terminal acetylenes is 1. The molecular weight excluding hydrogens is 280 g/mol. The van der Waals surface area contributed by atoms with Gasteiger partial charge < -0.3 is 4.74 Å². The van der Waals surface area contributed by atoms with E-state index in [1.807, 2.05) is 6.07 Å². The summed E-state index contributed by atoms with van der Waals surface area (Å²) in [4.78, 5) is 0. The zero-order valence-corrected chi connectivity index (χ0v) is 13.4. The molecule has 1 aliphatic rings. The Labute approximate surface area is 141 Å². The van der Waals surface area contributed by atoms with Crippen molar-refractivity contribution in [3.63, 3.8) is 0 Å². The lowest BCUT2D eigenvalue weighted by atomic mass is 9.67. The van der Waals surface area contributed by atoms with Crippen LogP contribution in [0.15, 0.2) is 36.4 Å². The predicted octanol–water partition coefficient (Wildman–Crippen LogP) is 6.10. The molecule has 1 heteroatoms. The molecule has 0 spiro atoms. The molecule has 0 aromatic heterocycles. The fraction of sp³-hybridized carbons (Fsp3) is 0.455. The van der Waals surface area contributed by atoms with Crippen molar-refractivity contribution < 1.29 is 4.74 Å². The van der Waals surface area contributed by atoms with Crippen molar-refractivity contribution in [1.82, 2.24) is 0 Å². The van der Waals surface area contributed by atoms with Gasteiger partial charge in [0.15, 0.2) is 0 Å². The molecule has 23 heavy (non-hydrogen) atoms. The van der Waals surface area contributed by atoms with Gasteiger partial charge in [-0.1, -0.05) is 63.8 Å². The standard InChI is InChI=1S/C21H24O.CH4/c1-3-14-22-20-11-9-17-15-19(10-8-18(17)16-20)21(4-2)12-6-5-7-13-21;/h1,8-11,15-16H,4-7,12-14H2,2H3;1H4. The Morgan fingerprint density at radius 3 is 2.43 bits per heavy atom. The number of hydrogen-bond acceptors (Lipinski definition) is 1. The van der Waals surface area contributed by atoms with Crippen LogP contribution in [0.4, 0.5) is 0 Å². The first kappa shape index (κ1) is 17.4. The molecule has 1 saturated carbocycles. The fourth-order valence-corrected chi connectivity index (χ4v) is 3.84. The Morgan fingerprint density at radius 1 is 1.04 bits per heavy atom. The Bertz CT molecular complexity index is 687. The molecule has 1 fully saturated rings. The highest BCUT2D eigenvalue weighted by atomic mass is 16.5. The third-order valence-electron chi connectivity index (χ3n) is 5.23. The number of fused-ring (bicyclic) bond motifs is 1. The van der Waals surface area contributed by atoms with Gasteiger partial charge in [-0.25, -0.2) is 0 Å². The molecule has 3 rings (SSSR count). The van der Waals surface area contributed by atoms with Crippen LogP contribution in [-0.2, 0) is 5.41 Å². The van der Waals surface area contributed by atoms with Crippen LogP contribution < -0.4 is 4.74 Å². The lowest BCUT2D eigenvalue weighted by molar-refractivity contribution is 0.283. The van der Waals surface area contributed by atoms with Gasteiger partial charge in [-0.05, 0) is 53.1 Å². The Kier molecular flexibility index (Phi) is 5.72. The lowest BCUT2D eigenvalue weighted by Gasteiger charge is -2.37. The van der Waals surface area contributed by atoms with Gasteiger partial charge in [0.25, 0.3) is 0 Å². The second-order valence-corrected chi connectivity index (χ2v) is 6.41. The zero-order valence-electron chi connectivity index (χ0n) is 13.4. The Hall–Kier alpha value is -1.94. The summed E-state index contributed by atoms with van der Waals surface area (Å²) in [5.41, 5.74) is 1.91. The van der Waals surface area contributed by atoms with E-state index in [0.29, 0.717) is 12.0 Å². The Balaban J connectivity index is 0.00000192. The van der Waals surface area contributed by atoms with Crippen LogP contribution >= 0.6 is 0 Å². The molecule has 0 unspecified atom stereocenters. The molecule has 0 heterocycles. The smallest absolute Gasteiger partial charge is 0.148 e. The summed E-state index contributed by atoms with van der Waals surface area (Å²) in [7, 11) is 0. The summed E-state index contributed by atoms with van der Waals surface area (Å²) in [6, 6.07) is 13.2. The first-order valence-electron chi connectivity index (χ1n) is 8.38.